The lowest BCUT2D eigenvalue weighted by Gasteiger charge is -2.34. The molecule has 1 aliphatic heterocycles. The van der Waals surface area contributed by atoms with Crippen molar-refractivity contribution in [3.8, 4) is 0 Å². The lowest BCUT2D eigenvalue weighted by molar-refractivity contribution is -0.141. The SMILES string of the molecule is FC(F)c1cccn2nc([C@@H]3c4nc[nH]c4CCN3c3cncc(C(F)(F)F)n3)cc12. The van der Waals surface area contributed by atoms with E-state index in [9.17, 15) is 22.0 Å². The van der Waals surface area contributed by atoms with Crippen LogP contribution in [0.25, 0.3) is 5.52 Å². The van der Waals surface area contributed by atoms with Gasteiger partial charge in [-0.05, 0) is 18.2 Å². The van der Waals surface area contributed by atoms with Gasteiger partial charge in [0.15, 0.2) is 5.69 Å². The molecular formula is C19H14F5N7. The van der Waals surface area contributed by atoms with E-state index in [4.69, 9.17) is 0 Å². The number of nitrogens with one attached hydrogen (secondary N) is 1. The van der Waals surface area contributed by atoms with E-state index in [1.54, 1.807) is 4.90 Å². The number of halogens is 5. The third-order valence-electron chi connectivity index (χ3n) is 5.20. The molecule has 0 unspecified atom stereocenters. The number of H-pyrrole nitrogens is 1. The predicted molar refractivity (Wildman–Crippen MR) is 98.7 cm³/mol. The van der Waals surface area contributed by atoms with Crippen molar-refractivity contribution in [1.29, 1.82) is 0 Å². The second kappa shape index (κ2) is 7.00. The maximum Gasteiger partial charge on any atom is 0.434 e. The summed E-state index contributed by atoms with van der Waals surface area (Å²) in [6, 6.07) is 3.55. The predicted octanol–water partition coefficient (Wildman–Crippen LogP) is 3.96. The van der Waals surface area contributed by atoms with Gasteiger partial charge in [0.05, 0.1) is 35.6 Å². The van der Waals surface area contributed by atoms with E-state index in [-0.39, 0.29) is 16.9 Å². The van der Waals surface area contributed by atoms with Gasteiger partial charge in [-0.3, -0.25) is 4.98 Å². The molecule has 4 aromatic heterocycles. The van der Waals surface area contributed by atoms with Gasteiger partial charge in [-0.1, -0.05) is 0 Å². The van der Waals surface area contributed by atoms with E-state index in [1.807, 2.05) is 0 Å². The molecule has 4 aromatic rings. The van der Waals surface area contributed by atoms with Crippen LogP contribution in [0.5, 0.6) is 0 Å². The third-order valence-corrected chi connectivity index (χ3v) is 5.20. The molecule has 31 heavy (non-hydrogen) atoms. The Morgan fingerprint density at radius 1 is 1.19 bits per heavy atom. The molecular weight excluding hydrogens is 421 g/mol. The first kappa shape index (κ1) is 19.4. The van der Waals surface area contributed by atoms with Crippen LogP contribution in [-0.4, -0.2) is 36.1 Å². The van der Waals surface area contributed by atoms with E-state index in [0.29, 0.717) is 30.6 Å². The molecule has 0 saturated carbocycles. The summed E-state index contributed by atoms with van der Waals surface area (Å²) in [4.78, 5) is 16.4. The van der Waals surface area contributed by atoms with E-state index >= 15 is 0 Å². The molecule has 12 heteroatoms. The first-order chi connectivity index (χ1) is 14.8. The van der Waals surface area contributed by atoms with E-state index < -0.39 is 24.3 Å². The molecule has 1 aliphatic rings. The van der Waals surface area contributed by atoms with Crippen molar-refractivity contribution in [3.63, 3.8) is 0 Å². The van der Waals surface area contributed by atoms with Gasteiger partial charge in [0.2, 0.25) is 0 Å². The quantitative estimate of drug-likeness (QED) is 0.493. The number of anilines is 1. The number of hydrogen-bond donors (Lipinski definition) is 1. The Labute approximate surface area is 171 Å². The van der Waals surface area contributed by atoms with Gasteiger partial charge in [-0.25, -0.2) is 23.3 Å². The van der Waals surface area contributed by atoms with Gasteiger partial charge in [0.25, 0.3) is 6.43 Å². The number of fused-ring (bicyclic) bond motifs is 2. The molecule has 0 spiro atoms. The molecule has 0 amide bonds. The second-order valence-electron chi connectivity index (χ2n) is 7.04. The highest BCUT2D eigenvalue weighted by atomic mass is 19.4. The molecule has 1 N–H and O–H groups in total. The fourth-order valence-corrected chi connectivity index (χ4v) is 3.83. The number of imidazole rings is 1. The largest absolute Gasteiger partial charge is 0.434 e. The summed E-state index contributed by atoms with van der Waals surface area (Å²) in [5, 5.41) is 4.42. The van der Waals surface area contributed by atoms with Crippen molar-refractivity contribution in [2.45, 2.75) is 25.1 Å². The highest BCUT2D eigenvalue weighted by molar-refractivity contribution is 5.58. The van der Waals surface area contributed by atoms with Crippen LogP contribution in [0.4, 0.5) is 27.8 Å². The van der Waals surface area contributed by atoms with Gasteiger partial charge in [0, 0.05) is 30.4 Å². The molecule has 0 aliphatic carbocycles. The summed E-state index contributed by atoms with van der Waals surface area (Å²) in [6.07, 6.45) is -1.96. The first-order valence-electron chi connectivity index (χ1n) is 9.27. The topological polar surface area (TPSA) is 75.0 Å². The molecule has 0 bridgehead atoms. The fraction of sp³-hybridized carbons (Fsp3) is 0.263. The van der Waals surface area contributed by atoms with Crippen LogP contribution in [-0.2, 0) is 12.6 Å². The van der Waals surface area contributed by atoms with Gasteiger partial charge >= 0.3 is 6.18 Å². The zero-order chi connectivity index (χ0) is 21.8. The van der Waals surface area contributed by atoms with E-state index in [0.717, 1.165) is 5.69 Å². The molecule has 0 aromatic carbocycles. The van der Waals surface area contributed by atoms with Gasteiger partial charge in [0.1, 0.15) is 11.9 Å². The number of rotatable bonds is 3. The zero-order valence-corrected chi connectivity index (χ0v) is 15.7. The normalized spacial score (nSPS) is 16.8. The highest BCUT2D eigenvalue weighted by Crippen LogP contribution is 2.37. The average Bonchev–Trinajstić information content (AvgIpc) is 3.38. The van der Waals surface area contributed by atoms with Crippen molar-refractivity contribution < 1.29 is 22.0 Å². The number of nitrogens with zero attached hydrogens (tertiary/aromatic N) is 6. The molecule has 0 saturated heterocycles. The monoisotopic (exact) mass is 435 g/mol. The summed E-state index contributed by atoms with van der Waals surface area (Å²) in [6.45, 7) is 0.311. The Hall–Kier alpha value is -3.57. The Morgan fingerprint density at radius 2 is 2.03 bits per heavy atom. The average molecular weight is 435 g/mol. The van der Waals surface area contributed by atoms with Crippen molar-refractivity contribution >= 4 is 11.3 Å². The summed E-state index contributed by atoms with van der Waals surface area (Å²) in [5.74, 6) is -0.000357. The lowest BCUT2D eigenvalue weighted by Crippen LogP contribution is -2.37. The standard InChI is InChI=1S/C19H14F5N7/c20-18(21)10-2-1-4-31-13(10)6-12(29-31)17-16-11(26-9-27-16)3-5-30(17)15-8-25-7-14(28-15)19(22,23)24/h1-2,4,6-9,17-18H,3,5H2,(H,26,27)/t17-/m1/s1. The summed E-state index contributed by atoms with van der Waals surface area (Å²) in [7, 11) is 0. The number of alkyl halides is 5. The van der Waals surface area contributed by atoms with Crippen LogP contribution in [0.15, 0.2) is 43.1 Å². The lowest BCUT2D eigenvalue weighted by atomic mass is 9.99. The van der Waals surface area contributed by atoms with Crippen molar-refractivity contribution in [2.24, 2.45) is 0 Å². The van der Waals surface area contributed by atoms with Crippen molar-refractivity contribution in [3.05, 3.63) is 71.5 Å². The van der Waals surface area contributed by atoms with Crippen LogP contribution >= 0.6 is 0 Å². The third kappa shape index (κ3) is 3.27. The summed E-state index contributed by atoms with van der Waals surface area (Å²) >= 11 is 0. The Morgan fingerprint density at radius 3 is 2.81 bits per heavy atom. The summed E-state index contributed by atoms with van der Waals surface area (Å²) < 4.78 is 67.7. The van der Waals surface area contributed by atoms with Gasteiger partial charge < -0.3 is 9.88 Å². The number of pyridine rings is 1. The smallest absolute Gasteiger partial charge is 0.348 e. The molecule has 1 atom stereocenters. The minimum Gasteiger partial charge on any atom is -0.348 e. The van der Waals surface area contributed by atoms with Crippen LogP contribution in [0.1, 0.15) is 40.8 Å². The van der Waals surface area contributed by atoms with E-state index in [2.05, 4.69) is 25.0 Å². The Balaban J connectivity index is 1.66. The van der Waals surface area contributed by atoms with Gasteiger partial charge in [-0.15, -0.1) is 0 Å². The molecule has 7 nitrogen and oxygen atoms in total. The van der Waals surface area contributed by atoms with Crippen LogP contribution < -0.4 is 4.90 Å². The molecule has 5 rings (SSSR count). The number of aromatic amines is 1. The van der Waals surface area contributed by atoms with Gasteiger partial charge in [-0.2, -0.15) is 18.3 Å². The molecule has 160 valence electrons. The van der Waals surface area contributed by atoms with E-state index in [1.165, 1.54) is 41.4 Å². The van der Waals surface area contributed by atoms with Crippen LogP contribution in [0.2, 0.25) is 0 Å². The minimum atomic E-state index is -4.65. The molecule has 0 fully saturated rings. The summed E-state index contributed by atoms with van der Waals surface area (Å²) in [5.41, 5.74) is 0.613. The number of aromatic nitrogens is 6. The second-order valence-corrected chi connectivity index (χ2v) is 7.04. The Bertz CT molecular complexity index is 1250. The van der Waals surface area contributed by atoms with Crippen molar-refractivity contribution in [1.82, 2.24) is 29.5 Å². The zero-order valence-electron chi connectivity index (χ0n) is 15.7. The Kier molecular flexibility index (Phi) is 4.38. The molecule has 0 radical (unpaired) electrons. The van der Waals surface area contributed by atoms with Crippen LogP contribution in [0.3, 0.4) is 0 Å². The fourth-order valence-electron chi connectivity index (χ4n) is 3.83. The highest BCUT2D eigenvalue weighted by Gasteiger charge is 2.37. The maximum absolute atomic E-state index is 13.4. The number of hydrogen-bond acceptors (Lipinski definition) is 5. The first-order valence-corrected chi connectivity index (χ1v) is 9.27. The minimum absolute atomic E-state index is 0.000357. The van der Waals surface area contributed by atoms with Crippen LogP contribution in [0, 0.1) is 0 Å². The molecule has 5 heterocycles. The van der Waals surface area contributed by atoms with Crippen molar-refractivity contribution in [2.75, 3.05) is 11.4 Å². The maximum atomic E-state index is 13.4.